The summed E-state index contributed by atoms with van der Waals surface area (Å²) in [6.45, 7) is 4.57. The summed E-state index contributed by atoms with van der Waals surface area (Å²) in [6.07, 6.45) is 15.3. The highest BCUT2D eigenvalue weighted by Crippen LogP contribution is 2.40. The summed E-state index contributed by atoms with van der Waals surface area (Å²) >= 11 is 0. The third-order valence-electron chi connectivity index (χ3n) is 4.77. The maximum absolute atomic E-state index is 9.68. The van der Waals surface area contributed by atoms with Crippen LogP contribution in [0.3, 0.4) is 0 Å². The van der Waals surface area contributed by atoms with Gasteiger partial charge in [-0.2, -0.15) is 5.26 Å². The lowest BCUT2D eigenvalue weighted by molar-refractivity contribution is 0.214. The second-order valence-electron chi connectivity index (χ2n) is 6.28. The Bertz CT molecular complexity index is 243. The first kappa shape index (κ1) is 15.5. The summed E-state index contributed by atoms with van der Waals surface area (Å²) in [7, 11) is 0. The van der Waals surface area contributed by atoms with Gasteiger partial charge in [-0.15, -0.1) is 0 Å². The number of nitriles is 1. The highest BCUT2D eigenvalue weighted by Gasteiger charge is 2.32. The first-order valence-electron chi connectivity index (χ1n) is 8.17. The van der Waals surface area contributed by atoms with Gasteiger partial charge in [0.25, 0.3) is 0 Å². The van der Waals surface area contributed by atoms with Gasteiger partial charge >= 0.3 is 0 Å². The Morgan fingerprint density at radius 1 is 1.06 bits per heavy atom. The normalized spacial score (nSPS) is 21.6. The molecule has 0 aromatic heterocycles. The highest BCUT2D eigenvalue weighted by molar-refractivity contribution is 5.00. The average Bonchev–Trinajstić information content (AvgIpc) is 2.37. The lowest BCUT2D eigenvalue weighted by Gasteiger charge is -2.32. The second-order valence-corrected chi connectivity index (χ2v) is 6.28. The monoisotopic (exact) mass is 249 g/mol. The summed E-state index contributed by atoms with van der Waals surface area (Å²) in [5, 5.41) is 9.68. The number of hydrogen-bond acceptors (Lipinski definition) is 1. The first-order valence-corrected chi connectivity index (χ1v) is 8.17. The molecule has 1 aliphatic rings. The van der Waals surface area contributed by atoms with Crippen molar-refractivity contribution in [1.82, 2.24) is 0 Å². The molecule has 0 bridgehead atoms. The predicted molar refractivity (Wildman–Crippen MR) is 78.3 cm³/mol. The molecular weight excluding hydrogens is 218 g/mol. The molecule has 1 unspecified atom stereocenters. The number of nitrogens with zero attached hydrogens (tertiary/aromatic N) is 1. The van der Waals surface area contributed by atoms with Crippen LogP contribution in [0.25, 0.3) is 0 Å². The Morgan fingerprint density at radius 3 is 2.17 bits per heavy atom. The van der Waals surface area contributed by atoms with Crippen LogP contribution in [0.4, 0.5) is 0 Å². The van der Waals surface area contributed by atoms with E-state index in [1.165, 1.54) is 64.2 Å². The Labute approximate surface area is 114 Å². The van der Waals surface area contributed by atoms with E-state index in [0.29, 0.717) is 0 Å². The van der Waals surface area contributed by atoms with Crippen LogP contribution in [0.5, 0.6) is 0 Å². The molecule has 1 heteroatoms. The molecule has 0 spiro atoms. The van der Waals surface area contributed by atoms with Gasteiger partial charge in [0.2, 0.25) is 0 Å². The highest BCUT2D eigenvalue weighted by atomic mass is 14.4. The molecule has 0 N–H and O–H groups in total. The number of rotatable bonds is 6. The minimum Gasteiger partial charge on any atom is -0.198 e. The number of unbranched alkanes of at least 4 members (excludes halogenated alkanes) is 1. The van der Waals surface area contributed by atoms with Crippen molar-refractivity contribution in [3.05, 3.63) is 0 Å². The molecule has 0 heterocycles. The largest absolute Gasteiger partial charge is 0.198 e. The van der Waals surface area contributed by atoms with Crippen LogP contribution >= 0.6 is 0 Å². The Hall–Kier alpha value is -0.510. The van der Waals surface area contributed by atoms with Crippen molar-refractivity contribution in [1.29, 1.82) is 5.26 Å². The summed E-state index contributed by atoms with van der Waals surface area (Å²) in [4.78, 5) is 0. The lowest BCUT2D eigenvalue weighted by Crippen LogP contribution is -2.24. The zero-order chi connectivity index (χ0) is 13.3. The van der Waals surface area contributed by atoms with Crippen molar-refractivity contribution in [3.8, 4) is 6.07 Å². The standard InChI is InChI=1S/C17H31N/c1-3-5-11-16(4-2)14-17(15-18)12-9-7-6-8-10-13-17/h16H,3-14H2,1-2H3. The van der Waals surface area contributed by atoms with Gasteiger partial charge in [0.05, 0.1) is 11.5 Å². The average molecular weight is 249 g/mol. The second kappa shape index (κ2) is 8.57. The molecule has 1 aliphatic carbocycles. The van der Waals surface area contributed by atoms with Gasteiger partial charge < -0.3 is 0 Å². The summed E-state index contributed by atoms with van der Waals surface area (Å²) in [5.74, 6) is 0.782. The van der Waals surface area contributed by atoms with E-state index < -0.39 is 0 Å². The third-order valence-corrected chi connectivity index (χ3v) is 4.77. The third kappa shape index (κ3) is 5.01. The minimum atomic E-state index is 0.0227. The van der Waals surface area contributed by atoms with E-state index >= 15 is 0 Å². The fraction of sp³-hybridized carbons (Fsp3) is 0.941. The zero-order valence-corrected chi connectivity index (χ0v) is 12.5. The van der Waals surface area contributed by atoms with E-state index in [2.05, 4.69) is 19.9 Å². The van der Waals surface area contributed by atoms with Crippen LogP contribution in [0.15, 0.2) is 0 Å². The molecule has 1 saturated carbocycles. The molecule has 1 nitrogen and oxygen atoms in total. The van der Waals surface area contributed by atoms with E-state index in [4.69, 9.17) is 0 Å². The van der Waals surface area contributed by atoms with Gasteiger partial charge in [-0.1, -0.05) is 71.6 Å². The quantitative estimate of drug-likeness (QED) is 0.579. The number of hydrogen-bond donors (Lipinski definition) is 0. The van der Waals surface area contributed by atoms with Gasteiger partial charge in [0.1, 0.15) is 0 Å². The maximum Gasteiger partial charge on any atom is 0.0689 e. The van der Waals surface area contributed by atoms with Crippen LogP contribution in [0.2, 0.25) is 0 Å². The predicted octanol–water partition coefficient (Wildman–Crippen LogP) is 5.85. The minimum absolute atomic E-state index is 0.0227. The van der Waals surface area contributed by atoms with Crippen molar-refractivity contribution in [2.45, 2.75) is 90.9 Å². The molecule has 104 valence electrons. The SMILES string of the molecule is CCCCC(CC)CC1(C#N)CCCCCCC1. The van der Waals surface area contributed by atoms with E-state index in [1.807, 2.05) is 0 Å². The smallest absolute Gasteiger partial charge is 0.0689 e. The van der Waals surface area contributed by atoms with Crippen molar-refractivity contribution in [2.75, 3.05) is 0 Å². The fourth-order valence-electron chi connectivity index (χ4n) is 3.44. The van der Waals surface area contributed by atoms with Crippen molar-refractivity contribution < 1.29 is 0 Å². The molecule has 0 aliphatic heterocycles. The van der Waals surface area contributed by atoms with Gasteiger partial charge in [-0.3, -0.25) is 0 Å². The summed E-state index contributed by atoms with van der Waals surface area (Å²) < 4.78 is 0. The van der Waals surface area contributed by atoms with Crippen LogP contribution in [-0.4, -0.2) is 0 Å². The van der Waals surface area contributed by atoms with Gasteiger partial charge in [0, 0.05) is 0 Å². The molecule has 0 aromatic rings. The summed E-state index contributed by atoms with van der Waals surface area (Å²) in [6, 6.07) is 2.73. The molecule has 1 rings (SSSR count). The Morgan fingerprint density at radius 2 is 1.67 bits per heavy atom. The Balaban J connectivity index is 2.57. The van der Waals surface area contributed by atoms with Crippen molar-refractivity contribution in [3.63, 3.8) is 0 Å². The molecule has 18 heavy (non-hydrogen) atoms. The molecule has 0 aromatic carbocycles. The van der Waals surface area contributed by atoms with Gasteiger partial charge in [-0.05, 0) is 25.2 Å². The van der Waals surface area contributed by atoms with E-state index in [9.17, 15) is 5.26 Å². The van der Waals surface area contributed by atoms with Crippen LogP contribution in [-0.2, 0) is 0 Å². The van der Waals surface area contributed by atoms with E-state index in [-0.39, 0.29) is 5.41 Å². The zero-order valence-electron chi connectivity index (χ0n) is 12.5. The molecule has 0 amide bonds. The van der Waals surface area contributed by atoms with Crippen LogP contribution in [0.1, 0.15) is 90.9 Å². The molecule has 1 fully saturated rings. The summed E-state index contributed by atoms with van der Waals surface area (Å²) in [5.41, 5.74) is 0.0227. The Kier molecular flexibility index (Phi) is 7.40. The topological polar surface area (TPSA) is 23.8 Å². The van der Waals surface area contributed by atoms with Crippen molar-refractivity contribution in [2.24, 2.45) is 11.3 Å². The van der Waals surface area contributed by atoms with Crippen LogP contribution < -0.4 is 0 Å². The van der Waals surface area contributed by atoms with Crippen LogP contribution in [0, 0.1) is 22.7 Å². The molecule has 0 saturated heterocycles. The van der Waals surface area contributed by atoms with E-state index in [1.54, 1.807) is 0 Å². The first-order chi connectivity index (χ1) is 8.76. The van der Waals surface area contributed by atoms with Crippen molar-refractivity contribution >= 4 is 0 Å². The maximum atomic E-state index is 9.68. The fourth-order valence-corrected chi connectivity index (χ4v) is 3.44. The van der Waals surface area contributed by atoms with Gasteiger partial charge in [-0.25, -0.2) is 0 Å². The lowest BCUT2D eigenvalue weighted by atomic mass is 9.70. The van der Waals surface area contributed by atoms with E-state index in [0.717, 1.165) is 18.8 Å². The molecule has 0 radical (unpaired) electrons. The van der Waals surface area contributed by atoms with Gasteiger partial charge in [0.15, 0.2) is 0 Å². The molecular formula is C17H31N. The molecule has 1 atom stereocenters.